The Balaban J connectivity index is 0.000000301. The Bertz CT molecular complexity index is 719. The van der Waals surface area contributed by atoms with Crippen LogP contribution in [0.1, 0.15) is 27.7 Å². The van der Waals surface area contributed by atoms with Crippen LogP contribution < -0.4 is 4.57 Å². The fraction of sp³-hybridized carbons (Fsp3) is 0.318. The van der Waals surface area contributed by atoms with E-state index in [1.807, 2.05) is 12.1 Å². The van der Waals surface area contributed by atoms with Crippen molar-refractivity contribution in [2.75, 3.05) is 0 Å². The molecule has 0 amide bonds. The van der Waals surface area contributed by atoms with Crippen LogP contribution in [0.25, 0.3) is 17.1 Å². The van der Waals surface area contributed by atoms with E-state index < -0.39 is 0 Å². The second kappa shape index (κ2) is 8.49. The SMILES string of the molecule is CC(C)C(C)C.C[n+]1ccn(-c2ccccc2)c1-c1ccccc1. The average molecular weight is 321 g/mol. The van der Waals surface area contributed by atoms with Crippen molar-refractivity contribution in [3.05, 3.63) is 73.1 Å². The van der Waals surface area contributed by atoms with Crippen LogP contribution in [0, 0.1) is 11.8 Å². The van der Waals surface area contributed by atoms with Gasteiger partial charge in [0.1, 0.15) is 18.1 Å². The summed E-state index contributed by atoms with van der Waals surface area (Å²) in [7, 11) is 2.07. The molecule has 0 bridgehead atoms. The molecule has 0 spiro atoms. The number of hydrogen-bond donors (Lipinski definition) is 0. The Morgan fingerprint density at radius 3 is 1.75 bits per heavy atom. The van der Waals surface area contributed by atoms with Crippen molar-refractivity contribution in [3.63, 3.8) is 0 Å². The maximum atomic E-state index is 2.24. The fourth-order valence-corrected chi connectivity index (χ4v) is 2.20. The highest BCUT2D eigenvalue weighted by atomic mass is 15.1. The molecule has 0 saturated heterocycles. The normalized spacial score (nSPS) is 10.6. The van der Waals surface area contributed by atoms with Gasteiger partial charge in [-0.15, -0.1) is 0 Å². The zero-order valence-electron chi connectivity index (χ0n) is 15.5. The van der Waals surface area contributed by atoms with E-state index >= 15 is 0 Å². The fourth-order valence-electron chi connectivity index (χ4n) is 2.20. The third-order valence-electron chi connectivity index (χ3n) is 4.40. The zero-order chi connectivity index (χ0) is 17.5. The molecule has 0 unspecified atom stereocenters. The van der Waals surface area contributed by atoms with Crippen molar-refractivity contribution >= 4 is 0 Å². The Kier molecular flexibility index (Phi) is 6.36. The van der Waals surface area contributed by atoms with Crippen molar-refractivity contribution in [1.29, 1.82) is 0 Å². The topological polar surface area (TPSA) is 8.81 Å². The molecule has 0 atom stereocenters. The smallest absolute Gasteiger partial charge is 0.232 e. The van der Waals surface area contributed by atoms with Crippen molar-refractivity contribution in [1.82, 2.24) is 4.57 Å². The minimum atomic E-state index is 0.852. The van der Waals surface area contributed by atoms with Crippen molar-refractivity contribution in [3.8, 4) is 17.1 Å². The first-order valence-electron chi connectivity index (χ1n) is 8.68. The number of benzene rings is 2. The summed E-state index contributed by atoms with van der Waals surface area (Å²) in [4.78, 5) is 0. The van der Waals surface area contributed by atoms with Crippen LogP contribution in [0.5, 0.6) is 0 Å². The van der Waals surface area contributed by atoms with Gasteiger partial charge in [-0.2, -0.15) is 4.57 Å². The van der Waals surface area contributed by atoms with Crippen LogP contribution >= 0.6 is 0 Å². The molecule has 2 aromatic carbocycles. The molecule has 3 aromatic rings. The van der Waals surface area contributed by atoms with E-state index in [1.54, 1.807) is 0 Å². The molecule has 3 rings (SSSR count). The van der Waals surface area contributed by atoms with Gasteiger partial charge in [0.25, 0.3) is 5.82 Å². The lowest BCUT2D eigenvalue weighted by Gasteiger charge is -2.05. The predicted molar refractivity (Wildman–Crippen MR) is 102 cm³/mol. The van der Waals surface area contributed by atoms with Gasteiger partial charge in [-0.25, -0.2) is 4.57 Å². The number of nitrogens with zero attached hydrogens (tertiary/aromatic N) is 2. The lowest BCUT2D eigenvalue weighted by Crippen LogP contribution is -2.28. The molecule has 0 fully saturated rings. The number of aromatic nitrogens is 2. The Labute approximate surface area is 146 Å². The standard InChI is InChI=1S/C16H15N2.C6H14/c1-17-12-13-18(15-10-6-3-7-11-15)16(17)14-8-4-2-5-9-14;1-5(2)6(3)4/h2-13H,1H3;5-6H,1-4H3/q+1;. The van der Waals surface area contributed by atoms with Gasteiger partial charge in [0.15, 0.2) is 0 Å². The van der Waals surface area contributed by atoms with E-state index in [0.717, 1.165) is 11.8 Å². The summed E-state index contributed by atoms with van der Waals surface area (Å²) in [6, 6.07) is 20.8. The summed E-state index contributed by atoms with van der Waals surface area (Å²) < 4.78 is 4.34. The Hall–Kier alpha value is -2.35. The first-order chi connectivity index (χ1) is 11.5. The van der Waals surface area contributed by atoms with Crippen molar-refractivity contribution in [2.45, 2.75) is 27.7 Å². The van der Waals surface area contributed by atoms with Gasteiger partial charge in [0, 0.05) is 0 Å². The molecule has 2 heteroatoms. The molecule has 126 valence electrons. The first kappa shape index (κ1) is 18.0. The summed E-state index contributed by atoms with van der Waals surface area (Å²) in [5.41, 5.74) is 2.39. The Morgan fingerprint density at radius 2 is 1.25 bits per heavy atom. The van der Waals surface area contributed by atoms with E-state index in [9.17, 15) is 0 Å². The lowest BCUT2D eigenvalue weighted by molar-refractivity contribution is -0.659. The van der Waals surface area contributed by atoms with Crippen LogP contribution in [0.3, 0.4) is 0 Å². The third-order valence-corrected chi connectivity index (χ3v) is 4.40. The molecule has 2 nitrogen and oxygen atoms in total. The van der Waals surface area contributed by atoms with Gasteiger partial charge in [0.05, 0.1) is 12.6 Å². The van der Waals surface area contributed by atoms with Gasteiger partial charge in [-0.1, -0.05) is 64.1 Å². The van der Waals surface area contributed by atoms with Gasteiger partial charge in [-0.3, -0.25) is 0 Å². The number of imidazole rings is 1. The van der Waals surface area contributed by atoms with E-state index in [-0.39, 0.29) is 0 Å². The van der Waals surface area contributed by atoms with Gasteiger partial charge >= 0.3 is 0 Å². The van der Waals surface area contributed by atoms with Crippen LogP contribution in [-0.4, -0.2) is 4.57 Å². The zero-order valence-corrected chi connectivity index (χ0v) is 15.5. The molecule has 0 saturated carbocycles. The van der Waals surface area contributed by atoms with Crippen LogP contribution in [0.15, 0.2) is 73.1 Å². The number of para-hydroxylation sites is 1. The number of aryl methyl sites for hydroxylation is 1. The van der Waals surface area contributed by atoms with Crippen molar-refractivity contribution in [2.24, 2.45) is 18.9 Å². The molecule has 0 aliphatic heterocycles. The summed E-state index contributed by atoms with van der Waals surface area (Å²) in [5.74, 6) is 2.89. The highest BCUT2D eigenvalue weighted by molar-refractivity contribution is 5.55. The highest BCUT2D eigenvalue weighted by Gasteiger charge is 2.17. The maximum Gasteiger partial charge on any atom is 0.293 e. The quantitative estimate of drug-likeness (QED) is 0.581. The second-order valence-electron chi connectivity index (χ2n) is 6.79. The third kappa shape index (κ3) is 4.58. The minimum absolute atomic E-state index is 0.852. The molecule has 0 aliphatic rings. The molecule has 1 heterocycles. The first-order valence-corrected chi connectivity index (χ1v) is 8.68. The Morgan fingerprint density at radius 1 is 0.750 bits per heavy atom. The minimum Gasteiger partial charge on any atom is -0.232 e. The highest BCUT2D eigenvalue weighted by Crippen LogP contribution is 2.19. The summed E-state index contributed by atoms with van der Waals surface area (Å²) >= 11 is 0. The van der Waals surface area contributed by atoms with Gasteiger partial charge < -0.3 is 0 Å². The van der Waals surface area contributed by atoms with Crippen LogP contribution in [-0.2, 0) is 7.05 Å². The number of rotatable bonds is 3. The molecule has 24 heavy (non-hydrogen) atoms. The summed E-state index contributed by atoms with van der Waals surface area (Å²) in [6.07, 6.45) is 4.17. The van der Waals surface area contributed by atoms with Gasteiger partial charge in [-0.05, 0) is 36.1 Å². The lowest BCUT2D eigenvalue weighted by atomic mass is 10.0. The van der Waals surface area contributed by atoms with Crippen LogP contribution in [0.4, 0.5) is 0 Å². The van der Waals surface area contributed by atoms with E-state index in [2.05, 4.69) is 105 Å². The number of hydrogen-bond acceptors (Lipinski definition) is 0. The molecule has 0 radical (unpaired) electrons. The van der Waals surface area contributed by atoms with E-state index in [1.165, 1.54) is 17.1 Å². The van der Waals surface area contributed by atoms with E-state index in [4.69, 9.17) is 0 Å². The molecule has 1 aromatic heterocycles. The van der Waals surface area contributed by atoms with Gasteiger partial charge in [0.2, 0.25) is 0 Å². The summed E-state index contributed by atoms with van der Waals surface area (Å²) in [6.45, 7) is 8.96. The van der Waals surface area contributed by atoms with Crippen molar-refractivity contribution < 1.29 is 4.57 Å². The second-order valence-corrected chi connectivity index (χ2v) is 6.79. The van der Waals surface area contributed by atoms with Crippen LogP contribution in [0.2, 0.25) is 0 Å². The maximum absolute atomic E-state index is 2.24. The van der Waals surface area contributed by atoms with E-state index in [0.29, 0.717) is 0 Å². The molecule has 0 aliphatic carbocycles. The average Bonchev–Trinajstić information content (AvgIpc) is 2.98. The summed E-state index contributed by atoms with van der Waals surface area (Å²) in [5, 5.41) is 0. The molecular formula is C22H29N2+. The largest absolute Gasteiger partial charge is 0.293 e. The predicted octanol–water partition coefficient (Wildman–Crippen LogP) is 5.27. The molecule has 0 N–H and O–H groups in total. The molecular weight excluding hydrogens is 292 g/mol. The monoisotopic (exact) mass is 321 g/mol.